The van der Waals surface area contributed by atoms with Crippen LogP contribution in [-0.2, 0) is 0 Å². The molecule has 0 aromatic heterocycles. The highest BCUT2D eigenvalue weighted by Gasteiger charge is 2.32. The number of fused-ring (bicyclic) bond motifs is 2. The van der Waals surface area contributed by atoms with Crippen molar-refractivity contribution >= 4 is 23.9 Å². The van der Waals surface area contributed by atoms with E-state index in [1.54, 1.807) is 0 Å². The topological polar surface area (TPSA) is 21.6 Å². The number of benzene rings is 1. The van der Waals surface area contributed by atoms with Crippen molar-refractivity contribution in [2.24, 2.45) is 16.8 Å². The van der Waals surface area contributed by atoms with Gasteiger partial charge in [-0.15, -0.1) is 0 Å². The first-order chi connectivity index (χ1) is 11.3. The van der Waals surface area contributed by atoms with E-state index in [9.17, 15) is 0 Å². The molecule has 2 aliphatic carbocycles. The zero-order valence-electron chi connectivity index (χ0n) is 13.2. The van der Waals surface area contributed by atoms with Gasteiger partial charge in [-0.05, 0) is 73.4 Å². The largest absolute Gasteiger partial charge is 0.485 e. The van der Waals surface area contributed by atoms with Crippen LogP contribution in [-0.4, -0.2) is 12.3 Å². The molecule has 1 aliphatic heterocycles. The van der Waals surface area contributed by atoms with Crippen molar-refractivity contribution < 1.29 is 4.74 Å². The summed E-state index contributed by atoms with van der Waals surface area (Å²) < 4.78 is 6.42. The normalized spacial score (nSPS) is 26.7. The summed E-state index contributed by atoms with van der Waals surface area (Å²) in [7, 11) is 0. The molecule has 0 radical (unpaired) electrons. The van der Waals surface area contributed by atoms with Gasteiger partial charge in [-0.3, -0.25) is 4.99 Å². The molecule has 1 heterocycles. The third-order valence-corrected chi connectivity index (χ3v) is 5.36. The zero-order valence-corrected chi connectivity index (χ0v) is 14.0. The van der Waals surface area contributed by atoms with Crippen molar-refractivity contribution in [2.75, 3.05) is 0 Å². The van der Waals surface area contributed by atoms with Crippen LogP contribution >= 0.6 is 11.6 Å². The highest BCUT2D eigenvalue weighted by Crippen LogP contribution is 2.42. The van der Waals surface area contributed by atoms with Crippen molar-refractivity contribution in [3.63, 3.8) is 0 Å². The fourth-order valence-electron chi connectivity index (χ4n) is 3.67. The number of hydrogen-bond donors (Lipinski definition) is 0. The number of hydrogen-bond acceptors (Lipinski definition) is 2. The second kappa shape index (κ2) is 6.52. The lowest BCUT2D eigenvalue weighted by Crippen LogP contribution is -2.28. The van der Waals surface area contributed by atoms with Gasteiger partial charge in [0.05, 0.1) is 0 Å². The van der Waals surface area contributed by atoms with Gasteiger partial charge in [0.2, 0.25) is 0 Å². The van der Waals surface area contributed by atoms with Crippen molar-refractivity contribution in [3.05, 3.63) is 46.6 Å². The van der Waals surface area contributed by atoms with Gasteiger partial charge in [0.15, 0.2) is 0 Å². The first kappa shape index (κ1) is 15.0. The smallest absolute Gasteiger partial charge is 0.128 e. The first-order valence-corrected chi connectivity index (χ1v) is 9.01. The lowest BCUT2D eigenvalue weighted by Gasteiger charge is -2.32. The third kappa shape index (κ3) is 3.69. The summed E-state index contributed by atoms with van der Waals surface area (Å²) in [6.45, 7) is 0. The van der Waals surface area contributed by atoms with Gasteiger partial charge in [-0.25, -0.2) is 0 Å². The minimum absolute atomic E-state index is 0.155. The van der Waals surface area contributed by atoms with Crippen LogP contribution in [0, 0.1) is 11.8 Å². The van der Waals surface area contributed by atoms with E-state index in [0.717, 1.165) is 36.0 Å². The molecule has 4 rings (SSSR count). The van der Waals surface area contributed by atoms with E-state index in [1.165, 1.54) is 31.3 Å². The number of halogens is 1. The Morgan fingerprint density at radius 2 is 2.09 bits per heavy atom. The predicted molar refractivity (Wildman–Crippen MR) is 96.2 cm³/mol. The maximum Gasteiger partial charge on any atom is 0.128 e. The lowest BCUT2D eigenvalue weighted by atomic mass is 9.80. The SMILES string of the molecule is Clc1ccc2c(c1)OC1CC(CC3CC3)CCC1=CC=NC=C2. The molecule has 2 nitrogen and oxygen atoms in total. The Hall–Kier alpha value is -1.54. The van der Waals surface area contributed by atoms with Crippen molar-refractivity contribution in [1.29, 1.82) is 0 Å². The Morgan fingerprint density at radius 1 is 1.17 bits per heavy atom. The molecule has 0 N–H and O–H groups in total. The van der Waals surface area contributed by atoms with Gasteiger partial charge < -0.3 is 4.74 Å². The Balaban J connectivity index is 1.61. The molecule has 0 saturated heterocycles. The van der Waals surface area contributed by atoms with Gasteiger partial charge in [0.25, 0.3) is 0 Å². The van der Waals surface area contributed by atoms with E-state index >= 15 is 0 Å². The molecule has 2 atom stereocenters. The molecule has 2 saturated carbocycles. The minimum atomic E-state index is 0.155. The lowest BCUT2D eigenvalue weighted by molar-refractivity contribution is 0.163. The van der Waals surface area contributed by atoms with E-state index < -0.39 is 0 Å². The maximum absolute atomic E-state index is 6.42. The van der Waals surface area contributed by atoms with Gasteiger partial charge in [0.1, 0.15) is 11.9 Å². The molecule has 0 spiro atoms. The van der Waals surface area contributed by atoms with Crippen LogP contribution in [0.3, 0.4) is 0 Å². The summed E-state index contributed by atoms with van der Waals surface area (Å²) >= 11 is 6.18. The number of aliphatic imine (C=N–C) groups is 1. The van der Waals surface area contributed by atoms with Gasteiger partial charge in [-0.2, -0.15) is 0 Å². The molecule has 23 heavy (non-hydrogen) atoms. The molecule has 2 unspecified atom stereocenters. The van der Waals surface area contributed by atoms with Crippen molar-refractivity contribution in [2.45, 2.75) is 44.6 Å². The van der Waals surface area contributed by atoms with Crippen LogP contribution in [0.15, 0.2) is 41.0 Å². The van der Waals surface area contributed by atoms with Crippen molar-refractivity contribution in [1.82, 2.24) is 0 Å². The molecule has 2 fully saturated rings. The molecule has 1 aromatic carbocycles. The van der Waals surface area contributed by atoms with Gasteiger partial charge >= 0.3 is 0 Å². The van der Waals surface area contributed by atoms with E-state index in [4.69, 9.17) is 16.3 Å². The number of nitrogens with zero attached hydrogens (tertiary/aromatic N) is 1. The van der Waals surface area contributed by atoms with E-state index in [2.05, 4.69) is 11.1 Å². The highest BCUT2D eigenvalue weighted by atomic mass is 35.5. The van der Waals surface area contributed by atoms with Crippen molar-refractivity contribution in [3.8, 4) is 5.75 Å². The Bertz CT molecular complexity index is 672. The van der Waals surface area contributed by atoms with E-state index in [1.807, 2.05) is 36.7 Å². The molecular weight excluding hydrogens is 306 g/mol. The molecule has 0 amide bonds. The zero-order chi connectivity index (χ0) is 15.6. The number of allylic oxidation sites excluding steroid dienone is 1. The quantitative estimate of drug-likeness (QED) is 0.685. The Morgan fingerprint density at radius 3 is 2.96 bits per heavy atom. The minimum Gasteiger partial charge on any atom is -0.485 e. The highest BCUT2D eigenvalue weighted by molar-refractivity contribution is 6.30. The monoisotopic (exact) mass is 327 g/mol. The van der Waals surface area contributed by atoms with Crippen LogP contribution in [0.4, 0.5) is 0 Å². The summed E-state index contributed by atoms with van der Waals surface area (Å²) in [4.78, 5) is 4.35. The molecule has 3 heteroatoms. The van der Waals surface area contributed by atoms with E-state index in [-0.39, 0.29) is 6.10 Å². The maximum atomic E-state index is 6.42. The second-order valence-electron chi connectivity index (χ2n) is 6.96. The summed E-state index contributed by atoms with van der Waals surface area (Å²) in [5.74, 6) is 2.65. The van der Waals surface area contributed by atoms with Crippen LogP contribution in [0.25, 0.3) is 6.08 Å². The van der Waals surface area contributed by atoms with Crippen LogP contribution in [0.2, 0.25) is 5.02 Å². The molecule has 3 aliphatic rings. The summed E-state index contributed by atoms with van der Waals surface area (Å²) in [6, 6.07) is 5.82. The molecular formula is C20H22ClNO. The average Bonchev–Trinajstić information content (AvgIpc) is 3.35. The van der Waals surface area contributed by atoms with Crippen LogP contribution in [0.1, 0.15) is 44.1 Å². The average molecular weight is 328 g/mol. The van der Waals surface area contributed by atoms with Crippen LogP contribution in [0.5, 0.6) is 5.75 Å². The fraction of sp³-hybridized carbons (Fsp3) is 0.450. The van der Waals surface area contributed by atoms with Gasteiger partial charge in [0, 0.05) is 23.0 Å². The first-order valence-electron chi connectivity index (χ1n) is 8.63. The predicted octanol–water partition coefficient (Wildman–Crippen LogP) is 5.67. The van der Waals surface area contributed by atoms with Crippen LogP contribution < -0.4 is 4.74 Å². The number of ether oxygens (including phenoxy) is 1. The standard InChI is InChI=1S/C20H22ClNO/c21-18-6-5-17-8-10-22-9-7-16-4-3-15(11-14-1-2-14)12-19(16)23-20(17)13-18/h5-10,13-15,19H,1-4,11-12H2. The van der Waals surface area contributed by atoms with Gasteiger partial charge in [-0.1, -0.05) is 24.4 Å². The van der Waals surface area contributed by atoms with E-state index in [0.29, 0.717) is 5.02 Å². The summed E-state index contributed by atoms with van der Waals surface area (Å²) in [5, 5.41) is 0.716. The summed E-state index contributed by atoms with van der Waals surface area (Å²) in [5.41, 5.74) is 2.40. The molecule has 120 valence electrons. The Labute approximate surface area is 142 Å². The molecule has 0 bridgehead atoms. The fourth-order valence-corrected chi connectivity index (χ4v) is 3.83. The Kier molecular flexibility index (Phi) is 4.26. The summed E-state index contributed by atoms with van der Waals surface area (Å²) in [6.07, 6.45) is 15.7. The third-order valence-electron chi connectivity index (χ3n) is 5.13. The number of rotatable bonds is 2. The molecule has 1 aromatic rings. The second-order valence-corrected chi connectivity index (χ2v) is 7.40.